The van der Waals surface area contributed by atoms with Crippen LogP contribution in [0.4, 0.5) is 0 Å². The number of nitrogens with zero attached hydrogens (tertiary/aromatic N) is 1. The smallest absolute Gasteiger partial charge is 0.247 e. The summed E-state index contributed by atoms with van der Waals surface area (Å²) in [5.41, 5.74) is 2.02. The molecular weight excluding hydrogens is 286 g/mol. The number of rotatable bonds is 7. The van der Waals surface area contributed by atoms with Crippen LogP contribution in [0.25, 0.3) is 6.08 Å². The van der Waals surface area contributed by atoms with Crippen molar-refractivity contribution in [2.45, 2.75) is 6.54 Å². The first-order valence-corrected chi connectivity index (χ1v) is 7.49. The van der Waals surface area contributed by atoms with Gasteiger partial charge in [-0.05, 0) is 29.3 Å². The zero-order valence-corrected chi connectivity index (χ0v) is 13.3. The number of hydrogen-bond donors (Lipinski definition) is 0. The minimum Gasteiger partial charge on any atom is -0.497 e. The van der Waals surface area contributed by atoms with Crippen molar-refractivity contribution in [1.29, 1.82) is 0 Å². The van der Waals surface area contributed by atoms with Crippen LogP contribution in [0.3, 0.4) is 0 Å². The minimum atomic E-state index is -0.0448. The van der Waals surface area contributed by atoms with Gasteiger partial charge in [0.05, 0.1) is 7.11 Å². The summed E-state index contributed by atoms with van der Waals surface area (Å²) in [5.74, 6) is 0.725. The Morgan fingerprint density at radius 3 is 2.65 bits per heavy atom. The van der Waals surface area contributed by atoms with Crippen LogP contribution >= 0.6 is 0 Å². The number of benzene rings is 2. The van der Waals surface area contributed by atoms with Gasteiger partial charge in [-0.2, -0.15) is 0 Å². The van der Waals surface area contributed by atoms with Crippen molar-refractivity contribution in [3.05, 3.63) is 84.5 Å². The second-order valence-corrected chi connectivity index (χ2v) is 5.10. The van der Waals surface area contributed by atoms with Crippen molar-refractivity contribution in [2.75, 3.05) is 13.7 Å². The molecule has 0 N–H and O–H groups in total. The van der Waals surface area contributed by atoms with E-state index in [-0.39, 0.29) is 5.91 Å². The van der Waals surface area contributed by atoms with Gasteiger partial charge >= 0.3 is 0 Å². The van der Waals surface area contributed by atoms with E-state index < -0.39 is 0 Å². The van der Waals surface area contributed by atoms with Crippen molar-refractivity contribution < 1.29 is 9.53 Å². The monoisotopic (exact) mass is 307 g/mol. The molecule has 0 saturated heterocycles. The molecule has 2 aromatic carbocycles. The Kier molecular flexibility index (Phi) is 6.18. The van der Waals surface area contributed by atoms with E-state index >= 15 is 0 Å². The molecule has 3 nitrogen and oxygen atoms in total. The number of methoxy groups -OCH3 is 1. The molecule has 0 aliphatic carbocycles. The van der Waals surface area contributed by atoms with Crippen molar-refractivity contribution in [3.63, 3.8) is 0 Å². The van der Waals surface area contributed by atoms with E-state index in [0.29, 0.717) is 13.1 Å². The second kappa shape index (κ2) is 8.59. The highest BCUT2D eigenvalue weighted by atomic mass is 16.5. The molecule has 0 bridgehead atoms. The zero-order valence-electron chi connectivity index (χ0n) is 13.3. The standard InChI is InChI=1S/C20H21NO2/c1-3-14-21(16-18-8-5-4-6-9-18)20(22)13-12-17-10-7-11-19(15-17)23-2/h3-13,15H,1,14,16H2,2H3/b13-12-. The third-order valence-corrected chi connectivity index (χ3v) is 3.39. The predicted octanol–water partition coefficient (Wildman–Crippen LogP) is 3.92. The summed E-state index contributed by atoms with van der Waals surface area (Å²) in [5, 5.41) is 0. The highest BCUT2D eigenvalue weighted by Gasteiger charge is 2.09. The summed E-state index contributed by atoms with van der Waals surface area (Å²) >= 11 is 0. The third kappa shape index (κ3) is 5.15. The Balaban J connectivity index is 2.08. The molecule has 0 saturated carbocycles. The van der Waals surface area contributed by atoms with E-state index in [1.807, 2.05) is 54.6 Å². The maximum Gasteiger partial charge on any atom is 0.247 e. The molecular formula is C20H21NO2. The molecule has 0 radical (unpaired) electrons. The average molecular weight is 307 g/mol. The predicted molar refractivity (Wildman–Crippen MR) is 94.1 cm³/mol. The van der Waals surface area contributed by atoms with Crippen LogP contribution in [0.5, 0.6) is 5.75 Å². The molecule has 0 aliphatic heterocycles. The number of hydrogen-bond acceptors (Lipinski definition) is 2. The average Bonchev–Trinajstić information content (AvgIpc) is 2.60. The van der Waals surface area contributed by atoms with Gasteiger partial charge < -0.3 is 9.64 Å². The second-order valence-electron chi connectivity index (χ2n) is 5.10. The lowest BCUT2D eigenvalue weighted by molar-refractivity contribution is -0.126. The summed E-state index contributed by atoms with van der Waals surface area (Å²) in [4.78, 5) is 14.2. The van der Waals surface area contributed by atoms with Gasteiger partial charge in [0.1, 0.15) is 5.75 Å². The molecule has 0 unspecified atom stereocenters. The van der Waals surface area contributed by atoms with Gasteiger partial charge in [0, 0.05) is 19.2 Å². The van der Waals surface area contributed by atoms with E-state index in [4.69, 9.17) is 4.74 Å². The van der Waals surface area contributed by atoms with Crippen molar-refractivity contribution in [1.82, 2.24) is 4.90 Å². The molecule has 118 valence electrons. The van der Waals surface area contributed by atoms with Crippen molar-refractivity contribution in [3.8, 4) is 5.75 Å². The summed E-state index contributed by atoms with van der Waals surface area (Å²) in [6.45, 7) is 4.80. The molecule has 0 atom stereocenters. The molecule has 3 heteroatoms. The molecule has 0 aliphatic rings. The van der Waals surface area contributed by atoms with Crippen LogP contribution < -0.4 is 4.74 Å². The molecule has 0 fully saturated rings. The van der Waals surface area contributed by atoms with Crippen LogP contribution in [0.15, 0.2) is 73.3 Å². The first-order chi connectivity index (χ1) is 11.2. The highest BCUT2D eigenvalue weighted by Crippen LogP contribution is 2.14. The Morgan fingerprint density at radius 2 is 1.96 bits per heavy atom. The van der Waals surface area contributed by atoms with Crippen LogP contribution in [0.2, 0.25) is 0 Å². The fourth-order valence-electron chi connectivity index (χ4n) is 2.21. The lowest BCUT2D eigenvalue weighted by Gasteiger charge is -2.19. The summed E-state index contributed by atoms with van der Waals surface area (Å²) in [7, 11) is 1.62. The van der Waals surface area contributed by atoms with Crippen LogP contribution in [0, 0.1) is 0 Å². The van der Waals surface area contributed by atoms with Gasteiger partial charge in [-0.15, -0.1) is 6.58 Å². The minimum absolute atomic E-state index is 0.0448. The molecule has 0 heterocycles. The maximum absolute atomic E-state index is 12.4. The SMILES string of the molecule is C=CCN(Cc1ccccc1)C(=O)/C=C\c1cccc(OC)c1. The summed E-state index contributed by atoms with van der Waals surface area (Å²) in [6, 6.07) is 17.5. The first kappa shape index (κ1) is 16.6. The van der Waals surface area contributed by atoms with Crippen LogP contribution in [0.1, 0.15) is 11.1 Å². The number of ether oxygens (including phenoxy) is 1. The molecule has 2 rings (SSSR count). The zero-order chi connectivity index (χ0) is 16.5. The molecule has 23 heavy (non-hydrogen) atoms. The lowest BCUT2D eigenvalue weighted by Crippen LogP contribution is -2.29. The highest BCUT2D eigenvalue weighted by molar-refractivity contribution is 5.91. The van der Waals surface area contributed by atoms with E-state index in [1.165, 1.54) is 0 Å². The Hall–Kier alpha value is -2.81. The third-order valence-electron chi connectivity index (χ3n) is 3.39. The van der Waals surface area contributed by atoms with E-state index in [0.717, 1.165) is 16.9 Å². The van der Waals surface area contributed by atoms with Crippen molar-refractivity contribution in [2.24, 2.45) is 0 Å². The van der Waals surface area contributed by atoms with Gasteiger partial charge in [0.2, 0.25) is 5.91 Å². The van der Waals surface area contributed by atoms with Gasteiger partial charge in [0.25, 0.3) is 0 Å². The Morgan fingerprint density at radius 1 is 1.17 bits per heavy atom. The largest absolute Gasteiger partial charge is 0.497 e. The topological polar surface area (TPSA) is 29.5 Å². The van der Waals surface area contributed by atoms with E-state index in [2.05, 4.69) is 6.58 Å². The molecule has 1 amide bonds. The Bertz CT molecular complexity index is 677. The van der Waals surface area contributed by atoms with Gasteiger partial charge in [-0.1, -0.05) is 48.5 Å². The summed E-state index contributed by atoms with van der Waals surface area (Å²) < 4.78 is 5.18. The fourth-order valence-corrected chi connectivity index (χ4v) is 2.21. The van der Waals surface area contributed by atoms with Crippen LogP contribution in [-0.2, 0) is 11.3 Å². The van der Waals surface area contributed by atoms with Gasteiger partial charge in [-0.25, -0.2) is 0 Å². The molecule has 0 aromatic heterocycles. The first-order valence-electron chi connectivity index (χ1n) is 7.49. The van der Waals surface area contributed by atoms with Gasteiger partial charge in [-0.3, -0.25) is 4.79 Å². The maximum atomic E-state index is 12.4. The van der Waals surface area contributed by atoms with Crippen LogP contribution in [-0.4, -0.2) is 24.5 Å². The lowest BCUT2D eigenvalue weighted by atomic mass is 10.2. The number of carbonyl (C=O) groups is 1. The fraction of sp³-hybridized carbons (Fsp3) is 0.150. The molecule has 0 spiro atoms. The molecule has 2 aromatic rings. The summed E-state index contributed by atoms with van der Waals surface area (Å²) in [6.07, 6.45) is 5.12. The quantitative estimate of drug-likeness (QED) is 0.573. The Labute approximate surface area is 137 Å². The van der Waals surface area contributed by atoms with E-state index in [9.17, 15) is 4.79 Å². The number of amides is 1. The number of carbonyl (C=O) groups excluding carboxylic acids is 1. The van der Waals surface area contributed by atoms with Gasteiger partial charge in [0.15, 0.2) is 0 Å². The normalized spacial score (nSPS) is 10.5. The van der Waals surface area contributed by atoms with Crippen molar-refractivity contribution >= 4 is 12.0 Å². The van der Waals surface area contributed by atoms with E-state index in [1.54, 1.807) is 30.2 Å².